The minimum atomic E-state index is -0.573. The number of benzene rings is 3. The van der Waals surface area contributed by atoms with Crippen molar-refractivity contribution in [3.8, 4) is 11.1 Å². The third kappa shape index (κ3) is 3.10. The third-order valence-corrected chi connectivity index (χ3v) is 4.04. The first-order valence-corrected chi connectivity index (χ1v) is 7.70. The molecule has 110 valence electrons. The minimum absolute atomic E-state index is 0.573. The first kappa shape index (κ1) is 14.6. The zero-order valence-corrected chi connectivity index (χ0v) is 12.7. The molecule has 22 heavy (non-hydrogen) atoms. The van der Waals surface area contributed by atoms with Gasteiger partial charge in [0, 0.05) is 0 Å². The van der Waals surface area contributed by atoms with Gasteiger partial charge in [-0.15, -0.1) is 0 Å². The smallest absolute Gasteiger partial charge is 0.104 e. The summed E-state index contributed by atoms with van der Waals surface area (Å²) in [7, 11) is 0. The number of aliphatic hydroxyl groups excluding tert-OH is 1. The van der Waals surface area contributed by atoms with Crippen molar-refractivity contribution in [1.29, 1.82) is 0 Å². The van der Waals surface area contributed by atoms with E-state index in [4.69, 9.17) is 0 Å². The molecule has 0 saturated heterocycles. The van der Waals surface area contributed by atoms with Gasteiger partial charge in [-0.3, -0.25) is 0 Å². The van der Waals surface area contributed by atoms with Crippen LogP contribution in [0.4, 0.5) is 0 Å². The molecule has 3 aromatic carbocycles. The lowest BCUT2D eigenvalue weighted by Crippen LogP contribution is -1.99. The van der Waals surface area contributed by atoms with Crippen molar-refractivity contribution < 1.29 is 5.11 Å². The van der Waals surface area contributed by atoms with Crippen LogP contribution in [0.15, 0.2) is 78.9 Å². The first-order valence-electron chi connectivity index (χ1n) is 7.70. The maximum absolute atomic E-state index is 10.5. The van der Waals surface area contributed by atoms with Gasteiger partial charge in [-0.05, 0) is 34.2 Å². The summed E-state index contributed by atoms with van der Waals surface area (Å²) in [5.74, 6) is 0. The molecule has 0 amide bonds. The first-order chi connectivity index (χ1) is 10.8. The van der Waals surface area contributed by atoms with E-state index >= 15 is 0 Å². The summed E-state index contributed by atoms with van der Waals surface area (Å²) in [5, 5.41) is 10.5. The Morgan fingerprint density at radius 2 is 1.18 bits per heavy atom. The summed E-state index contributed by atoms with van der Waals surface area (Å²) in [5.41, 5.74) is 5.50. The lowest BCUT2D eigenvalue weighted by atomic mass is 9.97. The summed E-state index contributed by atoms with van der Waals surface area (Å²) in [4.78, 5) is 0. The lowest BCUT2D eigenvalue weighted by molar-refractivity contribution is 0.220. The molecule has 1 N–H and O–H groups in total. The molecule has 0 aliphatic carbocycles. The topological polar surface area (TPSA) is 20.2 Å². The average Bonchev–Trinajstić information content (AvgIpc) is 2.62. The molecule has 0 aliphatic rings. The van der Waals surface area contributed by atoms with Crippen LogP contribution in [0.5, 0.6) is 0 Å². The van der Waals surface area contributed by atoms with Crippen LogP contribution < -0.4 is 0 Å². The van der Waals surface area contributed by atoms with Crippen LogP contribution in [-0.4, -0.2) is 5.11 Å². The van der Waals surface area contributed by atoms with Crippen molar-refractivity contribution in [2.24, 2.45) is 0 Å². The summed E-state index contributed by atoms with van der Waals surface area (Å²) in [6, 6.07) is 26.6. The van der Waals surface area contributed by atoms with Crippen molar-refractivity contribution in [2.45, 2.75) is 19.4 Å². The minimum Gasteiger partial charge on any atom is -0.384 e. The Bertz CT molecular complexity index is 712. The number of aryl methyl sites for hydroxylation is 1. The fourth-order valence-electron chi connectivity index (χ4n) is 2.62. The van der Waals surface area contributed by atoms with Gasteiger partial charge in [-0.2, -0.15) is 0 Å². The number of hydrogen-bond donors (Lipinski definition) is 1. The van der Waals surface area contributed by atoms with Crippen LogP contribution in [0, 0.1) is 0 Å². The van der Waals surface area contributed by atoms with Crippen molar-refractivity contribution in [1.82, 2.24) is 0 Å². The Balaban J connectivity index is 1.82. The van der Waals surface area contributed by atoms with Crippen LogP contribution in [0.1, 0.15) is 29.7 Å². The standard InChI is InChI=1S/C21H20O/c1-2-16-8-10-19(11-9-16)21(22)20-14-12-18(13-15-20)17-6-4-3-5-7-17/h3-15,21-22H,2H2,1H3/t21-/m1/s1. The Labute approximate surface area is 131 Å². The van der Waals surface area contributed by atoms with Crippen molar-refractivity contribution in [3.63, 3.8) is 0 Å². The average molecular weight is 288 g/mol. The second-order valence-corrected chi connectivity index (χ2v) is 5.49. The molecule has 0 spiro atoms. The van der Waals surface area contributed by atoms with Gasteiger partial charge in [0.15, 0.2) is 0 Å². The normalized spacial score (nSPS) is 12.1. The number of rotatable bonds is 4. The zero-order chi connectivity index (χ0) is 15.4. The van der Waals surface area contributed by atoms with Gasteiger partial charge in [0.2, 0.25) is 0 Å². The van der Waals surface area contributed by atoms with Gasteiger partial charge in [-0.1, -0.05) is 85.8 Å². The Morgan fingerprint density at radius 3 is 1.73 bits per heavy atom. The summed E-state index contributed by atoms with van der Waals surface area (Å²) >= 11 is 0. The predicted octanol–water partition coefficient (Wildman–Crippen LogP) is 5.00. The fraction of sp³-hybridized carbons (Fsp3) is 0.143. The van der Waals surface area contributed by atoms with E-state index in [0.717, 1.165) is 23.1 Å². The monoisotopic (exact) mass is 288 g/mol. The molecular weight excluding hydrogens is 268 g/mol. The molecule has 3 aromatic rings. The molecule has 0 saturated carbocycles. The zero-order valence-electron chi connectivity index (χ0n) is 12.7. The highest BCUT2D eigenvalue weighted by Gasteiger charge is 2.10. The van der Waals surface area contributed by atoms with Crippen molar-refractivity contribution in [3.05, 3.63) is 95.6 Å². The Morgan fingerprint density at radius 1 is 0.682 bits per heavy atom. The van der Waals surface area contributed by atoms with Gasteiger partial charge in [0.1, 0.15) is 6.10 Å². The highest BCUT2D eigenvalue weighted by Crippen LogP contribution is 2.25. The molecule has 0 unspecified atom stereocenters. The summed E-state index contributed by atoms with van der Waals surface area (Å²) in [6.07, 6.45) is 0.443. The van der Waals surface area contributed by atoms with Crippen LogP contribution in [0.25, 0.3) is 11.1 Å². The molecule has 0 bridgehead atoms. The Kier molecular flexibility index (Phi) is 4.36. The molecule has 3 rings (SSSR count). The maximum atomic E-state index is 10.5. The second kappa shape index (κ2) is 6.59. The highest BCUT2D eigenvalue weighted by molar-refractivity contribution is 5.63. The highest BCUT2D eigenvalue weighted by atomic mass is 16.3. The summed E-state index contributed by atoms with van der Waals surface area (Å²) in [6.45, 7) is 2.13. The predicted molar refractivity (Wildman–Crippen MR) is 91.8 cm³/mol. The number of aliphatic hydroxyl groups is 1. The lowest BCUT2D eigenvalue weighted by Gasteiger charge is -2.13. The molecule has 0 aromatic heterocycles. The van der Waals surface area contributed by atoms with Crippen molar-refractivity contribution in [2.75, 3.05) is 0 Å². The van der Waals surface area contributed by atoms with E-state index < -0.39 is 6.10 Å². The van der Waals surface area contributed by atoms with E-state index in [1.807, 2.05) is 42.5 Å². The second-order valence-electron chi connectivity index (χ2n) is 5.49. The number of hydrogen-bond acceptors (Lipinski definition) is 1. The molecule has 1 heteroatoms. The van der Waals surface area contributed by atoms with E-state index in [2.05, 4.69) is 43.3 Å². The van der Waals surface area contributed by atoms with Gasteiger partial charge >= 0.3 is 0 Å². The van der Waals surface area contributed by atoms with E-state index in [-0.39, 0.29) is 0 Å². The Hall–Kier alpha value is -2.38. The van der Waals surface area contributed by atoms with Gasteiger partial charge in [0.05, 0.1) is 0 Å². The fourth-order valence-corrected chi connectivity index (χ4v) is 2.62. The molecule has 1 nitrogen and oxygen atoms in total. The largest absolute Gasteiger partial charge is 0.384 e. The van der Waals surface area contributed by atoms with E-state index in [0.29, 0.717) is 0 Å². The molecule has 0 aliphatic heterocycles. The van der Waals surface area contributed by atoms with Gasteiger partial charge in [0.25, 0.3) is 0 Å². The molecule has 0 fully saturated rings. The molecule has 0 heterocycles. The van der Waals surface area contributed by atoms with E-state index in [1.54, 1.807) is 0 Å². The van der Waals surface area contributed by atoms with Crippen molar-refractivity contribution >= 4 is 0 Å². The molecule has 1 atom stereocenters. The van der Waals surface area contributed by atoms with Crippen LogP contribution in [0.2, 0.25) is 0 Å². The quantitative estimate of drug-likeness (QED) is 0.716. The SMILES string of the molecule is CCc1ccc([C@@H](O)c2ccc(-c3ccccc3)cc2)cc1. The van der Waals surface area contributed by atoms with Crippen LogP contribution in [-0.2, 0) is 6.42 Å². The van der Waals surface area contributed by atoms with Gasteiger partial charge in [-0.25, -0.2) is 0 Å². The van der Waals surface area contributed by atoms with E-state index in [9.17, 15) is 5.11 Å². The molecular formula is C21H20O. The summed E-state index contributed by atoms with van der Waals surface area (Å²) < 4.78 is 0. The van der Waals surface area contributed by atoms with Crippen LogP contribution >= 0.6 is 0 Å². The van der Waals surface area contributed by atoms with Gasteiger partial charge < -0.3 is 5.11 Å². The van der Waals surface area contributed by atoms with Crippen LogP contribution in [0.3, 0.4) is 0 Å². The molecule has 0 radical (unpaired) electrons. The van der Waals surface area contributed by atoms with E-state index in [1.165, 1.54) is 11.1 Å². The third-order valence-electron chi connectivity index (χ3n) is 4.04. The maximum Gasteiger partial charge on any atom is 0.104 e.